The minimum atomic E-state index is -0.781. The third kappa shape index (κ3) is 3.51. The second kappa shape index (κ2) is 6.57. The molecule has 3 atom stereocenters. The highest BCUT2D eigenvalue weighted by atomic mass is 16.4. The molecule has 0 unspecified atom stereocenters. The summed E-state index contributed by atoms with van der Waals surface area (Å²) in [6.07, 6.45) is 5.19. The molecule has 0 aromatic rings. The Hall–Kier alpha value is -1.10. The summed E-state index contributed by atoms with van der Waals surface area (Å²) in [5.74, 6) is 0.0465. The number of carbonyl (C=O) groups excluding carboxylic acids is 1. The Balaban J connectivity index is 1.98. The van der Waals surface area contributed by atoms with Gasteiger partial charge in [0.15, 0.2) is 0 Å². The van der Waals surface area contributed by atoms with Crippen LogP contribution >= 0.6 is 0 Å². The van der Waals surface area contributed by atoms with Gasteiger partial charge in [0.1, 0.15) is 6.04 Å². The van der Waals surface area contributed by atoms with Gasteiger partial charge in [0.25, 0.3) is 0 Å². The van der Waals surface area contributed by atoms with E-state index in [0.717, 1.165) is 19.3 Å². The summed E-state index contributed by atoms with van der Waals surface area (Å²) in [5, 5.41) is 12.3. The molecule has 0 bridgehead atoms. The van der Waals surface area contributed by atoms with E-state index in [1.165, 1.54) is 6.42 Å². The van der Waals surface area contributed by atoms with Crippen molar-refractivity contribution in [1.82, 2.24) is 10.2 Å². The highest BCUT2D eigenvalue weighted by Crippen LogP contribution is 2.39. The number of rotatable bonds is 5. The van der Waals surface area contributed by atoms with Crippen molar-refractivity contribution >= 4 is 11.9 Å². The molecule has 1 aliphatic heterocycles. The van der Waals surface area contributed by atoms with E-state index in [4.69, 9.17) is 0 Å². The van der Waals surface area contributed by atoms with Crippen molar-refractivity contribution in [3.8, 4) is 0 Å². The van der Waals surface area contributed by atoms with Gasteiger partial charge in [-0.1, -0.05) is 26.7 Å². The molecular formula is C15H26N2O3. The van der Waals surface area contributed by atoms with E-state index in [0.29, 0.717) is 24.8 Å². The second-order valence-electron chi connectivity index (χ2n) is 6.57. The maximum absolute atomic E-state index is 12.0. The number of carboxylic acid groups (broad SMARTS) is 1. The number of aliphatic carboxylic acids is 1. The number of nitrogens with one attached hydrogen (secondary N) is 1. The SMILES string of the molecule is CC(C)CNC(=O)CN1[C@H](C(=O)O)C[C@@H]2CCCC[C@@H]21. The number of hydrogen-bond donors (Lipinski definition) is 2. The fourth-order valence-electron chi connectivity index (χ4n) is 3.56. The Morgan fingerprint density at radius 2 is 2.00 bits per heavy atom. The number of carbonyl (C=O) groups is 2. The maximum atomic E-state index is 12.0. The fraction of sp³-hybridized carbons (Fsp3) is 0.867. The van der Waals surface area contributed by atoms with Crippen molar-refractivity contribution in [2.24, 2.45) is 11.8 Å². The number of hydrogen-bond acceptors (Lipinski definition) is 3. The van der Waals surface area contributed by atoms with Crippen molar-refractivity contribution < 1.29 is 14.7 Å². The van der Waals surface area contributed by atoms with E-state index < -0.39 is 12.0 Å². The Labute approximate surface area is 120 Å². The number of fused-ring (bicyclic) bond motifs is 1. The van der Waals surface area contributed by atoms with Crippen LogP contribution in [0.3, 0.4) is 0 Å². The van der Waals surface area contributed by atoms with E-state index >= 15 is 0 Å². The fourth-order valence-corrected chi connectivity index (χ4v) is 3.56. The maximum Gasteiger partial charge on any atom is 0.320 e. The van der Waals surface area contributed by atoms with Gasteiger partial charge >= 0.3 is 5.97 Å². The van der Waals surface area contributed by atoms with Gasteiger partial charge in [-0.2, -0.15) is 0 Å². The molecular weight excluding hydrogens is 256 g/mol. The first-order chi connectivity index (χ1) is 9.49. The molecule has 5 nitrogen and oxygen atoms in total. The van der Waals surface area contributed by atoms with Gasteiger partial charge in [0.05, 0.1) is 6.54 Å². The number of amides is 1. The number of carboxylic acids is 1. The lowest BCUT2D eigenvalue weighted by molar-refractivity contribution is -0.143. The van der Waals surface area contributed by atoms with Crippen molar-refractivity contribution in [3.05, 3.63) is 0 Å². The predicted octanol–water partition coefficient (Wildman–Crippen LogP) is 1.48. The quantitative estimate of drug-likeness (QED) is 0.801. The van der Waals surface area contributed by atoms with E-state index in [1.807, 2.05) is 18.7 Å². The predicted molar refractivity (Wildman–Crippen MR) is 76.3 cm³/mol. The molecule has 1 saturated carbocycles. The van der Waals surface area contributed by atoms with Crippen LogP contribution in [0.2, 0.25) is 0 Å². The highest BCUT2D eigenvalue weighted by molar-refractivity contribution is 5.80. The molecule has 1 saturated heterocycles. The Morgan fingerprint density at radius 1 is 1.30 bits per heavy atom. The molecule has 2 fully saturated rings. The van der Waals surface area contributed by atoms with Crippen LogP contribution < -0.4 is 5.32 Å². The first-order valence-electron chi connectivity index (χ1n) is 7.74. The van der Waals surface area contributed by atoms with Crippen LogP contribution in [0.4, 0.5) is 0 Å². The lowest BCUT2D eigenvalue weighted by atomic mass is 9.85. The van der Waals surface area contributed by atoms with Crippen molar-refractivity contribution in [2.45, 2.75) is 58.0 Å². The molecule has 5 heteroatoms. The van der Waals surface area contributed by atoms with Gasteiger partial charge < -0.3 is 10.4 Å². The van der Waals surface area contributed by atoms with Crippen molar-refractivity contribution in [3.63, 3.8) is 0 Å². The minimum Gasteiger partial charge on any atom is -0.480 e. The van der Waals surface area contributed by atoms with Gasteiger partial charge in [-0.05, 0) is 31.1 Å². The molecule has 1 aliphatic carbocycles. The van der Waals surface area contributed by atoms with Gasteiger partial charge in [-0.25, -0.2) is 0 Å². The summed E-state index contributed by atoms with van der Waals surface area (Å²) < 4.78 is 0. The zero-order valence-electron chi connectivity index (χ0n) is 12.5. The van der Waals surface area contributed by atoms with E-state index in [-0.39, 0.29) is 18.5 Å². The normalized spacial score (nSPS) is 30.2. The molecule has 1 amide bonds. The van der Waals surface area contributed by atoms with Crippen LogP contribution in [0.15, 0.2) is 0 Å². The third-order valence-corrected chi connectivity index (χ3v) is 4.54. The zero-order valence-corrected chi connectivity index (χ0v) is 12.5. The molecule has 0 aromatic carbocycles. The molecule has 1 heterocycles. The van der Waals surface area contributed by atoms with Crippen LogP contribution in [-0.4, -0.2) is 47.1 Å². The monoisotopic (exact) mass is 282 g/mol. The zero-order chi connectivity index (χ0) is 14.7. The summed E-state index contributed by atoms with van der Waals surface area (Å²) >= 11 is 0. The number of likely N-dealkylation sites (tertiary alicyclic amines) is 1. The molecule has 0 aromatic heterocycles. The average molecular weight is 282 g/mol. The van der Waals surface area contributed by atoms with Crippen LogP contribution in [-0.2, 0) is 9.59 Å². The summed E-state index contributed by atoms with van der Waals surface area (Å²) in [5.41, 5.74) is 0. The lowest BCUT2D eigenvalue weighted by Crippen LogP contribution is -2.48. The van der Waals surface area contributed by atoms with E-state index in [9.17, 15) is 14.7 Å². The largest absolute Gasteiger partial charge is 0.480 e. The molecule has 0 spiro atoms. The molecule has 20 heavy (non-hydrogen) atoms. The lowest BCUT2D eigenvalue weighted by Gasteiger charge is -2.32. The Morgan fingerprint density at radius 3 is 2.65 bits per heavy atom. The van der Waals surface area contributed by atoms with Gasteiger partial charge in [-0.15, -0.1) is 0 Å². The summed E-state index contributed by atoms with van der Waals surface area (Å²) in [6, 6.07) is -0.192. The van der Waals surface area contributed by atoms with Crippen LogP contribution in [0, 0.1) is 11.8 Å². The summed E-state index contributed by atoms with van der Waals surface area (Å²) in [6.45, 7) is 4.98. The van der Waals surface area contributed by atoms with Gasteiger partial charge in [0.2, 0.25) is 5.91 Å². The third-order valence-electron chi connectivity index (χ3n) is 4.54. The average Bonchev–Trinajstić information content (AvgIpc) is 2.76. The molecule has 2 rings (SSSR count). The summed E-state index contributed by atoms with van der Waals surface area (Å²) in [4.78, 5) is 25.4. The van der Waals surface area contributed by atoms with E-state index in [2.05, 4.69) is 5.32 Å². The van der Waals surface area contributed by atoms with Gasteiger partial charge in [-0.3, -0.25) is 14.5 Å². The Bertz CT molecular complexity index is 370. The van der Waals surface area contributed by atoms with Crippen LogP contribution in [0.5, 0.6) is 0 Å². The number of nitrogens with zero attached hydrogens (tertiary/aromatic N) is 1. The van der Waals surface area contributed by atoms with Crippen molar-refractivity contribution in [1.29, 1.82) is 0 Å². The molecule has 2 aliphatic rings. The second-order valence-corrected chi connectivity index (χ2v) is 6.57. The van der Waals surface area contributed by atoms with Crippen molar-refractivity contribution in [2.75, 3.05) is 13.1 Å². The van der Waals surface area contributed by atoms with Crippen LogP contribution in [0.25, 0.3) is 0 Å². The Kier molecular flexibility index (Phi) is 5.02. The standard InChI is InChI=1S/C15H26N2O3/c1-10(2)8-16-14(18)9-17-12-6-4-3-5-11(12)7-13(17)15(19)20/h10-13H,3-9H2,1-2H3,(H,16,18)(H,19,20)/t11-,12-,13-/m0/s1. The topological polar surface area (TPSA) is 69.6 Å². The first kappa shape index (κ1) is 15.3. The van der Waals surface area contributed by atoms with E-state index in [1.54, 1.807) is 0 Å². The highest BCUT2D eigenvalue weighted by Gasteiger charge is 2.45. The molecule has 0 radical (unpaired) electrons. The smallest absolute Gasteiger partial charge is 0.320 e. The molecule has 114 valence electrons. The first-order valence-corrected chi connectivity index (χ1v) is 7.74. The molecule has 2 N–H and O–H groups in total. The minimum absolute atomic E-state index is 0.0452. The van der Waals surface area contributed by atoms with Gasteiger partial charge in [0, 0.05) is 12.6 Å². The van der Waals surface area contributed by atoms with Crippen LogP contribution in [0.1, 0.15) is 46.0 Å². The summed E-state index contributed by atoms with van der Waals surface area (Å²) in [7, 11) is 0.